The summed E-state index contributed by atoms with van der Waals surface area (Å²) in [7, 11) is 0. The molecule has 2 aromatic carbocycles. The number of carbonyl (C=O) groups is 3. The van der Waals surface area contributed by atoms with Crippen molar-refractivity contribution in [2.45, 2.75) is 12.8 Å². The number of nitrogens with one attached hydrogen (secondary N) is 2. The molecule has 3 rings (SSSR count). The van der Waals surface area contributed by atoms with Crippen molar-refractivity contribution in [2.75, 3.05) is 13.2 Å². The van der Waals surface area contributed by atoms with Crippen LogP contribution in [0.3, 0.4) is 0 Å². The molecule has 1 heterocycles. The normalized spacial score (nSPS) is 13.9. The Labute approximate surface area is 162 Å². The molecule has 7 nitrogen and oxygen atoms in total. The molecule has 3 amide bonds. The first-order chi connectivity index (χ1) is 13.5. The number of rotatable bonds is 7. The summed E-state index contributed by atoms with van der Waals surface area (Å²) in [5.74, 6) is -1.03. The summed E-state index contributed by atoms with van der Waals surface area (Å²) in [6.07, 6.45) is 0.362. The van der Waals surface area contributed by atoms with Gasteiger partial charge in [0.15, 0.2) is 0 Å². The number of hydrogen-bond acceptors (Lipinski definition) is 5. The summed E-state index contributed by atoms with van der Waals surface area (Å²) in [5.41, 5.74) is 7.54. The minimum absolute atomic E-state index is 0.00484. The lowest BCUT2D eigenvalue weighted by atomic mass is 10.1. The lowest BCUT2D eigenvalue weighted by Gasteiger charge is -2.16. The average molecular weight is 379 g/mol. The van der Waals surface area contributed by atoms with Crippen LogP contribution in [0.15, 0.2) is 65.9 Å². The molecule has 0 fully saturated rings. The van der Waals surface area contributed by atoms with E-state index in [9.17, 15) is 14.4 Å². The van der Waals surface area contributed by atoms with E-state index < -0.39 is 17.7 Å². The Hall–Kier alpha value is -3.61. The highest BCUT2D eigenvalue weighted by Gasteiger charge is 2.27. The largest absolute Gasteiger partial charge is 0.494 e. The van der Waals surface area contributed by atoms with Gasteiger partial charge in [-0.2, -0.15) is 0 Å². The Bertz CT molecular complexity index is 922. The van der Waals surface area contributed by atoms with Gasteiger partial charge in [0.2, 0.25) is 11.8 Å². The van der Waals surface area contributed by atoms with Gasteiger partial charge in [-0.3, -0.25) is 19.7 Å². The van der Waals surface area contributed by atoms with Crippen molar-refractivity contribution in [1.29, 1.82) is 0 Å². The fourth-order valence-corrected chi connectivity index (χ4v) is 2.80. The van der Waals surface area contributed by atoms with Crippen molar-refractivity contribution in [3.63, 3.8) is 0 Å². The van der Waals surface area contributed by atoms with E-state index in [-0.39, 0.29) is 17.7 Å². The molecule has 0 spiro atoms. The SMILES string of the molecule is NC1=C(C(=O)NCCCOc2cccc(-c3ccccc3)c2)CC(=O)NC1=O. The van der Waals surface area contributed by atoms with Crippen LogP contribution in [0, 0.1) is 0 Å². The summed E-state index contributed by atoms with van der Waals surface area (Å²) in [5, 5.41) is 4.72. The minimum Gasteiger partial charge on any atom is -0.494 e. The molecule has 0 bridgehead atoms. The second-order valence-corrected chi connectivity index (χ2v) is 6.30. The zero-order valence-corrected chi connectivity index (χ0v) is 15.2. The molecule has 0 atom stereocenters. The Kier molecular flexibility index (Phi) is 6.06. The summed E-state index contributed by atoms with van der Waals surface area (Å²) >= 11 is 0. The predicted octanol–water partition coefficient (Wildman–Crippen LogP) is 1.50. The van der Waals surface area contributed by atoms with Crippen LogP contribution in [0.2, 0.25) is 0 Å². The minimum atomic E-state index is -0.733. The molecule has 0 saturated heterocycles. The van der Waals surface area contributed by atoms with Crippen molar-refractivity contribution in [3.05, 3.63) is 65.9 Å². The highest BCUT2D eigenvalue weighted by atomic mass is 16.5. The van der Waals surface area contributed by atoms with Gasteiger partial charge in [-0.15, -0.1) is 0 Å². The van der Waals surface area contributed by atoms with Crippen LogP contribution < -0.4 is 21.1 Å². The van der Waals surface area contributed by atoms with E-state index in [1.165, 1.54) is 0 Å². The summed E-state index contributed by atoms with van der Waals surface area (Å²) in [6.45, 7) is 0.746. The summed E-state index contributed by atoms with van der Waals surface area (Å²) < 4.78 is 5.74. The maximum atomic E-state index is 12.1. The second-order valence-electron chi connectivity index (χ2n) is 6.30. The fraction of sp³-hybridized carbons (Fsp3) is 0.190. The van der Waals surface area contributed by atoms with E-state index in [2.05, 4.69) is 10.6 Å². The standard InChI is InChI=1S/C21H21N3O4/c22-19-17(13-18(25)24-21(19)27)20(26)23-10-5-11-28-16-9-4-8-15(12-16)14-6-2-1-3-7-14/h1-4,6-9,12H,5,10-11,13,22H2,(H,23,26)(H,24,25,27). The van der Waals surface area contributed by atoms with E-state index in [4.69, 9.17) is 10.5 Å². The van der Waals surface area contributed by atoms with E-state index >= 15 is 0 Å². The first-order valence-corrected chi connectivity index (χ1v) is 8.94. The van der Waals surface area contributed by atoms with Gasteiger partial charge < -0.3 is 15.8 Å². The molecule has 1 aliphatic rings. The maximum absolute atomic E-state index is 12.1. The van der Waals surface area contributed by atoms with Crippen molar-refractivity contribution in [1.82, 2.24) is 10.6 Å². The molecule has 0 aliphatic carbocycles. The van der Waals surface area contributed by atoms with Crippen molar-refractivity contribution >= 4 is 17.7 Å². The van der Waals surface area contributed by atoms with Crippen LogP contribution >= 0.6 is 0 Å². The number of imide groups is 1. The third-order valence-corrected chi connectivity index (χ3v) is 4.25. The zero-order valence-electron chi connectivity index (χ0n) is 15.2. The van der Waals surface area contributed by atoms with E-state index in [0.29, 0.717) is 19.6 Å². The maximum Gasteiger partial charge on any atom is 0.274 e. The molecule has 28 heavy (non-hydrogen) atoms. The molecular formula is C21H21N3O4. The summed E-state index contributed by atoms with van der Waals surface area (Å²) in [6, 6.07) is 17.8. The third kappa shape index (κ3) is 4.76. The number of ether oxygens (including phenoxy) is 1. The van der Waals surface area contributed by atoms with Gasteiger partial charge in [-0.1, -0.05) is 42.5 Å². The molecule has 0 radical (unpaired) electrons. The number of nitrogens with two attached hydrogens (primary N) is 1. The molecule has 0 unspecified atom stereocenters. The van der Waals surface area contributed by atoms with Gasteiger partial charge in [0.05, 0.1) is 18.6 Å². The number of amides is 3. The highest BCUT2D eigenvalue weighted by Crippen LogP contribution is 2.23. The number of hydrogen-bond donors (Lipinski definition) is 3. The van der Waals surface area contributed by atoms with E-state index in [1.54, 1.807) is 0 Å². The smallest absolute Gasteiger partial charge is 0.274 e. The van der Waals surface area contributed by atoms with E-state index in [1.807, 2.05) is 54.6 Å². The van der Waals surface area contributed by atoms with Crippen LogP contribution in [-0.2, 0) is 14.4 Å². The quantitative estimate of drug-likeness (QED) is 0.499. The van der Waals surface area contributed by atoms with Gasteiger partial charge in [-0.25, -0.2) is 0 Å². The van der Waals surface area contributed by atoms with E-state index in [0.717, 1.165) is 16.9 Å². The number of carbonyl (C=O) groups excluding carboxylic acids is 3. The zero-order chi connectivity index (χ0) is 19.9. The van der Waals surface area contributed by atoms with Crippen molar-refractivity contribution < 1.29 is 19.1 Å². The second kappa shape index (κ2) is 8.85. The molecule has 0 saturated carbocycles. The summed E-state index contributed by atoms with van der Waals surface area (Å²) in [4.78, 5) is 35.0. The fourth-order valence-electron chi connectivity index (χ4n) is 2.80. The Balaban J connectivity index is 1.46. The topological polar surface area (TPSA) is 111 Å². The van der Waals surface area contributed by atoms with Gasteiger partial charge in [0.25, 0.3) is 5.91 Å². The van der Waals surface area contributed by atoms with Crippen LogP contribution in [-0.4, -0.2) is 30.9 Å². The first-order valence-electron chi connectivity index (χ1n) is 8.94. The molecule has 2 aromatic rings. The van der Waals surface area contributed by atoms with Crippen molar-refractivity contribution in [2.24, 2.45) is 5.73 Å². The lowest BCUT2D eigenvalue weighted by molar-refractivity contribution is -0.130. The third-order valence-electron chi connectivity index (χ3n) is 4.25. The average Bonchev–Trinajstić information content (AvgIpc) is 2.71. The van der Waals surface area contributed by atoms with Crippen LogP contribution in [0.5, 0.6) is 5.75 Å². The van der Waals surface area contributed by atoms with Gasteiger partial charge in [-0.05, 0) is 29.7 Å². The molecular weight excluding hydrogens is 358 g/mol. The Morgan fingerprint density at radius 3 is 2.61 bits per heavy atom. The molecule has 144 valence electrons. The van der Waals surface area contributed by atoms with Crippen LogP contribution in [0.4, 0.5) is 0 Å². The van der Waals surface area contributed by atoms with Gasteiger partial charge in [0.1, 0.15) is 11.4 Å². The van der Waals surface area contributed by atoms with Crippen LogP contribution in [0.25, 0.3) is 11.1 Å². The highest BCUT2D eigenvalue weighted by molar-refractivity contribution is 6.15. The number of benzene rings is 2. The van der Waals surface area contributed by atoms with Gasteiger partial charge >= 0.3 is 0 Å². The van der Waals surface area contributed by atoms with Crippen molar-refractivity contribution in [3.8, 4) is 16.9 Å². The van der Waals surface area contributed by atoms with Crippen LogP contribution in [0.1, 0.15) is 12.8 Å². The molecule has 0 aromatic heterocycles. The lowest BCUT2D eigenvalue weighted by Crippen LogP contribution is -2.43. The van der Waals surface area contributed by atoms with Gasteiger partial charge in [0, 0.05) is 6.54 Å². The predicted molar refractivity (Wildman–Crippen MR) is 104 cm³/mol. The molecule has 4 N–H and O–H groups in total. The Morgan fingerprint density at radius 2 is 1.82 bits per heavy atom. The first kappa shape index (κ1) is 19.2. The molecule has 7 heteroatoms. The molecule has 1 aliphatic heterocycles. The monoisotopic (exact) mass is 379 g/mol. The Morgan fingerprint density at radius 1 is 1.07 bits per heavy atom.